The van der Waals surface area contributed by atoms with Crippen molar-refractivity contribution in [1.29, 1.82) is 0 Å². The van der Waals surface area contributed by atoms with Gasteiger partial charge in [0, 0.05) is 29.7 Å². The van der Waals surface area contributed by atoms with Crippen LogP contribution in [0.15, 0.2) is 18.2 Å². The Morgan fingerprint density at radius 2 is 2.37 bits per heavy atom. The van der Waals surface area contributed by atoms with E-state index in [2.05, 4.69) is 0 Å². The monoisotopic (exact) mass is 287 g/mol. The lowest BCUT2D eigenvalue weighted by molar-refractivity contribution is -0.140. The first-order chi connectivity index (χ1) is 9.08. The van der Waals surface area contributed by atoms with E-state index in [0.29, 0.717) is 36.9 Å². The van der Waals surface area contributed by atoms with Crippen molar-refractivity contribution in [2.45, 2.75) is 19.0 Å². The van der Waals surface area contributed by atoms with Crippen LogP contribution in [-0.2, 0) is 16.1 Å². The molecular formula is C13H15ClFNO3. The maximum Gasteiger partial charge on any atom is 0.305 e. The Labute approximate surface area is 115 Å². The van der Waals surface area contributed by atoms with Crippen LogP contribution in [0, 0.1) is 5.82 Å². The second-order valence-electron chi connectivity index (χ2n) is 4.50. The molecule has 0 aliphatic carbocycles. The number of carboxylic acid groups (broad SMARTS) is 1. The molecule has 6 heteroatoms. The predicted octanol–water partition coefficient (Wildman–Crippen LogP) is 2.15. The van der Waals surface area contributed by atoms with Crippen LogP contribution in [0.4, 0.5) is 4.39 Å². The summed E-state index contributed by atoms with van der Waals surface area (Å²) in [6.07, 6.45) is -0.0218. The minimum atomic E-state index is -0.889. The normalized spacial score (nSPS) is 20.4. The van der Waals surface area contributed by atoms with Gasteiger partial charge in [-0.1, -0.05) is 17.7 Å². The van der Waals surface area contributed by atoms with Crippen molar-refractivity contribution in [2.24, 2.45) is 0 Å². The number of ether oxygens (including phenoxy) is 1. The molecule has 1 N–H and O–H groups in total. The fraction of sp³-hybridized carbons (Fsp3) is 0.462. The Morgan fingerprint density at radius 3 is 3.05 bits per heavy atom. The van der Waals surface area contributed by atoms with Crippen molar-refractivity contribution < 1.29 is 19.0 Å². The molecule has 1 aliphatic rings. The molecule has 104 valence electrons. The SMILES string of the molecule is O=C(O)C[C@@H]1COCCN1Cc1c(F)cccc1Cl. The summed E-state index contributed by atoms with van der Waals surface area (Å²) in [6.45, 7) is 1.73. The zero-order chi connectivity index (χ0) is 13.8. The molecule has 2 rings (SSSR count). The highest BCUT2D eigenvalue weighted by Crippen LogP contribution is 2.23. The minimum absolute atomic E-state index is 0.0218. The maximum atomic E-state index is 13.7. The molecule has 4 nitrogen and oxygen atoms in total. The van der Waals surface area contributed by atoms with Crippen LogP contribution in [0.1, 0.15) is 12.0 Å². The van der Waals surface area contributed by atoms with Gasteiger partial charge in [-0.25, -0.2) is 4.39 Å². The Morgan fingerprint density at radius 1 is 1.58 bits per heavy atom. The number of benzene rings is 1. The number of halogens is 2. The van der Waals surface area contributed by atoms with E-state index < -0.39 is 5.97 Å². The molecule has 1 aromatic rings. The van der Waals surface area contributed by atoms with Crippen LogP contribution in [-0.4, -0.2) is 41.8 Å². The average Bonchev–Trinajstić information content (AvgIpc) is 2.35. The van der Waals surface area contributed by atoms with E-state index in [1.54, 1.807) is 12.1 Å². The zero-order valence-electron chi connectivity index (χ0n) is 10.3. The molecule has 1 fully saturated rings. The van der Waals surface area contributed by atoms with E-state index in [1.165, 1.54) is 6.07 Å². The van der Waals surface area contributed by atoms with Crippen LogP contribution in [0.5, 0.6) is 0 Å². The number of carbonyl (C=O) groups is 1. The molecule has 1 aliphatic heterocycles. The summed E-state index contributed by atoms with van der Waals surface area (Å²) in [5, 5.41) is 9.24. The molecule has 1 atom stereocenters. The maximum absolute atomic E-state index is 13.7. The summed E-state index contributed by atoms with van der Waals surface area (Å²) in [6, 6.07) is 4.29. The van der Waals surface area contributed by atoms with Gasteiger partial charge in [0.05, 0.1) is 19.6 Å². The summed E-state index contributed by atoms with van der Waals surface area (Å²) in [7, 11) is 0. The number of hydrogen-bond acceptors (Lipinski definition) is 3. The Balaban J connectivity index is 2.13. The second kappa shape index (κ2) is 6.32. The molecule has 0 bridgehead atoms. The predicted molar refractivity (Wildman–Crippen MR) is 68.7 cm³/mol. The summed E-state index contributed by atoms with van der Waals surface area (Å²) in [5.74, 6) is -1.26. The largest absolute Gasteiger partial charge is 0.481 e. The lowest BCUT2D eigenvalue weighted by atomic mass is 10.1. The average molecular weight is 288 g/mol. The Kier molecular flexibility index (Phi) is 4.74. The number of nitrogens with zero attached hydrogens (tertiary/aromatic N) is 1. The minimum Gasteiger partial charge on any atom is -0.481 e. The highest BCUT2D eigenvalue weighted by atomic mass is 35.5. The summed E-state index contributed by atoms with van der Waals surface area (Å²) in [4.78, 5) is 12.7. The molecule has 0 aromatic heterocycles. The van der Waals surface area contributed by atoms with Gasteiger partial charge < -0.3 is 9.84 Å². The van der Waals surface area contributed by atoms with E-state index in [9.17, 15) is 9.18 Å². The first-order valence-electron chi connectivity index (χ1n) is 6.04. The lowest BCUT2D eigenvalue weighted by Gasteiger charge is -2.35. The van der Waals surface area contributed by atoms with Gasteiger partial charge in [0.2, 0.25) is 0 Å². The smallest absolute Gasteiger partial charge is 0.305 e. The second-order valence-corrected chi connectivity index (χ2v) is 4.90. The van der Waals surface area contributed by atoms with Gasteiger partial charge in [0.15, 0.2) is 0 Å². The van der Waals surface area contributed by atoms with Crippen LogP contribution in [0.25, 0.3) is 0 Å². The lowest BCUT2D eigenvalue weighted by Crippen LogP contribution is -2.46. The Bertz CT molecular complexity index is 449. The van der Waals surface area contributed by atoms with Crippen LogP contribution < -0.4 is 0 Å². The molecular weight excluding hydrogens is 273 g/mol. The molecule has 0 spiro atoms. The van der Waals surface area contributed by atoms with Gasteiger partial charge in [-0.15, -0.1) is 0 Å². The van der Waals surface area contributed by atoms with E-state index in [-0.39, 0.29) is 18.3 Å². The highest BCUT2D eigenvalue weighted by Gasteiger charge is 2.26. The van der Waals surface area contributed by atoms with Crippen LogP contribution in [0.2, 0.25) is 5.02 Å². The molecule has 19 heavy (non-hydrogen) atoms. The molecule has 1 heterocycles. The quantitative estimate of drug-likeness (QED) is 0.922. The van der Waals surface area contributed by atoms with E-state index in [4.69, 9.17) is 21.4 Å². The van der Waals surface area contributed by atoms with Gasteiger partial charge in [-0.05, 0) is 12.1 Å². The molecule has 1 aromatic carbocycles. The molecule has 0 unspecified atom stereocenters. The molecule has 1 saturated heterocycles. The number of rotatable bonds is 4. The molecule has 0 saturated carbocycles. The highest BCUT2D eigenvalue weighted by molar-refractivity contribution is 6.31. The molecule has 0 radical (unpaired) electrons. The zero-order valence-corrected chi connectivity index (χ0v) is 11.1. The van der Waals surface area contributed by atoms with Crippen molar-refractivity contribution in [3.8, 4) is 0 Å². The van der Waals surface area contributed by atoms with Gasteiger partial charge in [-0.2, -0.15) is 0 Å². The van der Waals surface area contributed by atoms with Gasteiger partial charge >= 0.3 is 5.97 Å². The van der Waals surface area contributed by atoms with Gasteiger partial charge in [0.25, 0.3) is 0 Å². The van der Waals surface area contributed by atoms with Crippen molar-refractivity contribution in [1.82, 2.24) is 4.90 Å². The van der Waals surface area contributed by atoms with Gasteiger partial charge in [0.1, 0.15) is 5.82 Å². The third-order valence-electron chi connectivity index (χ3n) is 3.18. The first kappa shape index (κ1) is 14.2. The van der Waals surface area contributed by atoms with Crippen molar-refractivity contribution in [3.63, 3.8) is 0 Å². The standard InChI is InChI=1S/C13H15ClFNO3/c14-11-2-1-3-12(15)10(11)7-16-4-5-19-8-9(16)6-13(17)18/h1-3,9H,4-8H2,(H,17,18)/t9-/m1/s1. The summed E-state index contributed by atoms with van der Waals surface area (Å²) < 4.78 is 19.0. The van der Waals surface area contributed by atoms with E-state index in [1.807, 2.05) is 4.90 Å². The number of morpholine rings is 1. The van der Waals surface area contributed by atoms with Gasteiger partial charge in [-0.3, -0.25) is 9.69 Å². The van der Waals surface area contributed by atoms with Crippen LogP contribution >= 0.6 is 11.6 Å². The van der Waals surface area contributed by atoms with E-state index in [0.717, 1.165) is 0 Å². The van der Waals surface area contributed by atoms with Crippen LogP contribution in [0.3, 0.4) is 0 Å². The fourth-order valence-corrected chi connectivity index (χ4v) is 2.40. The third-order valence-corrected chi connectivity index (χ3v) is 3.54. The van der Waals surface area contributed by atoms with Crippen molar-refractivity contribution in [2.75, 3.05) is 19.8 Å². The number of hydrogen-bond donors (Lipinski definition) is 1. The first-order valence-corrected chi connectivity index (χ1v) is 6.42. The fourth-order valence-electron chi connectivity index (χ4n) is 2.17. The topological polar surface area (TPSA) is 49.8 Å². The number of aliphatic carboxylic acids is 1. The summed E-state index contributed by atoms with van der Waals surface area (Å²) >= 11 is 5.99. The third kappa shape index (κ3) is 3.65. The van der Waals surface area contributed by atoms with E-state index >= 15 is 0 Å². The number of carboxylic acids is 1. The van der Waals surface area contributed by atoms with Crippen molar-refractivity contribution >= 4 is 17.6 Å². The Hall–Kier alpha value is -1.17. The summed E-state index contributed by atoms with van der Waals surface area (Å²) in [5.41, 5.74) is 0.404. The van der Waals surface area contributed by atoms with Crippen molar-refractivity contribution in [3.05, 3.63) is 34.6 Å². The molecule has 0 amide bonds.